The van der Waals surface area contributed by atoms with Gasteiger partial charge in [0, 0.05) is 39.2 Å². The van der Waals surface area contributed by atoms with Crippen LogP contribution < -0.4 is 11.1 Å². The number of nitrogens with one attached hydrogen (secondary N) is 1. The van der Waals surface area contributed by atoms with Crippen molar-refractivity contribution in [3.05, 3.63) is 0 Å². The molecule has 22 heavy (non-hydrogen) atoms. The number of amides is 2. The van der Waals surface area contributed by atoms with Gasteiger partial charge in [0.2, 0.25) is 11.8 Å². The summed E-state index contributed by atoms with van der Waals surface area (Å²) < 4.78 is 5.00. The number of likely N-dealkylation sites (tertiary alicyclic amines) is 1. The van der Waals surface area contributed by atoms with E-state index in [1.54, 1.807) is 12.0 Å². The molecule has 3 N–H and O–H groups in total. The molecule has 2 unspecified atom stereocenters. The van der Waals surface area contributed by atoms with Crippen molar-refractivity contribution in [2.75, 3.05) is 33.4 Å². The number of carbonyl (C=O) groups is 2. The van der Waals surface area contributed by atoms with Crippen molar-refractivity contribution >= 4 is 11.8 Å². The first-order valence-corrected chi connectivity index (χ1v) is 8.42. The topological polar surface area (TPSA) is 84.7 Å². The third-order valence-electron chi connectivity index (χ3n) is 4.95. The normalized spacial score (nSPS) is 24.5. The Morgan fingerprint density at radius 3 is 2.77 bits per heavy atom. The molecule has 6 heteroatoms. The Kier molecular flexibility index (Phi) is 6.64. The summed E-state index contributed by atoms with van der Waals surface area (Å²) in [6, 6.07) is 0.0518. The predicted molar refractivity (Wildman–Crippen MR) is 84.1 cm³/mol. The zero-order valence-corrected chi connectivity index (χ0v) is 13.6. The lowest BCUT2D eigenvalue weighted by Gasteiger charge is -2.30. The van der Waals surface area contributed by atoms with E-state index in [0.29, 0.717) is 38.6 Å². The van der Waals surface area contributed by atoms with E-state index in [1.807, 2.05) is 0 Å². The van der Waals surface area contributed by atoms with E-state index in [-0.39, 0.29) is 23.8 Å². The third-order valence-corrected chi connectivity index (χ3v) is 4.95. The molecule has 2 aliphatic rings. The highest BCUT2D eigenvalue weighted by Crippen LogP contribution is 2.27. The van der Waals surface area contributed by atoms with Crippen LogP contribution in [0.5, 0.6) is 0 Å². The lowest BCUT2D eigenvalue weighted by atomic mass is 9.83. The summed E-state index contributed by atoms with van der Waals surface area (Å²) in [6.45, 7) is 2.04. The fraction of sp³-hybridized carbons (Fsp3) is 0.875. The molecule has 126 valence electrons. The lowest BCUT2D eigenvalue weighted by Crippen LogP contribution is -2.48. The zero-order valence-electron chi connectivity index (χ0n) is 13.6. The fourth-order valence-electron chi connectivity index (χ4n) is 3.57. The van der Waals surface area contributed by atoms with Crippen LogP contribution in [0, 0.1) is 11.8 Å². The van der Waals surface area contributed by atoms with Crippen LogP contribution in [0.3, 0.4) is 0 Å². The summed E-state index contributed by atoms with van der Waals surface area (Å²) in [5.41, 5.74) is 5.86. The SMILES string of the molecule is COCCN1CC(C(=O)NC(CN)C2CCCCC2)CC1=O. The molecule has 0 aromatic heterocycles. The van der Waals surface area contributed by atoms with Crippen LogP contribution in [0.25, 0.3) is 0 Å². The van der Waals surface area contributed by atoms with Gasteiger partial charge in [-0.05, 0) is 18.8 Å². The van der Waals surface area contributed by atoms with Crippen LogP contribution in [0.15, 0.2) is 0 Å². The Labute approximate surface area is 132 Å². The number of methoxy groups -OCH3 is 1. The molecular formula is C16H29N3O3. The quantitative estimate of drug-likeness (QED) is 0.717. The number of ether oxygens (including phenoxy) is 1. The highest BCUT2D eigenvalue weighted by atomic mass is 16.5. The minimum atomic E-state index is -0.248. The van der Waals surface area contributed by atoms with Crippen LogP contribution >= 0.6 is 0 Å². The summed E-state index contributed by atoms with van der Waals surface area (Å²) >= 11 is 0. The van der Waals surface area contributed by atoms with E-state index < -0.39 is 0 Å². The minimum Gasteiger partial charge on any atom is -0.383 e. The first-order chi connectivity index (χ1) is 10.7. The molecule has 1 aliphatic heterocycles. The van der Waals surface area contributed by atoms with Gasteiger partial charge in [0.15, 0.2) is 0 Å². The van der Waals surface area contributed by atoms with Gasteiger partial charge in [0.1, 0.15) is 0 Å². The Balaban J connectivity index is 1.84. The van der Waals surface area contributed by atoms with Crippen molar-refractivity contribution in [3.8, 4) is 0 Å². The molecule has 0 aromatic carbocycles. The molecule has 2 atom stereocenters. The van der Waals surface area contributed by atoms with Crippen LogP contribution in [0.1, 0.15) is 38.5 Å². The number of rotatable bonds is 7. The van der Waals surface area contributed by atoms with Crippen molar-refractivity contribution < 1.29 is 14.3 Å². The largest absolute Gasteiger partial charge is 0.383 e. The van der Waals surface area contributed by atoms with Crippen LogP contribution in [0.4, 0.5) is 0 Å². The van der Waals surface area contributed by atoms with E-state index >= 15 is 0 Å². The fourth-order valence-corrected chi connectivity index (χ4v) is 3.57. The molecule has 0 radical (unpaired) electrons. The number of hydrogen-bond acceptors (Lipinski definition) is 4. The molecule has 0 spiro atoms. The summed E-state index contributed by atoms with van der Waals surface area (Å²) in [5.74, 6) is 0.264. The number of carbonyl (C=O) groups excluding carboxylic acids is 2. The lowest BCUT2D eigenvalue weighted by molar-refractivity contribution is -0.129. The number of hydrogen-bond donors (Lipinski definition) is 2. The van der Waals surface area contributed by atoms with Crippen LogP contribution in [-0.2, 0) is 14.3 Å². The summed E-state index contributed by atoms with van der Waals surface area (Å²) in [5, 5.41) is 3.10. The van der Waals surface area contributed by atoms with Crippen LogP contribution in [0.2, 0.25) is 0 Å². The summed E-state index contributed by atoms with van der Waals surface area (Å²) in [4.78, 5) is 26.1. The van der Waals surface area contributed by atoms with Crippen molar-refractivity contribution in [2.45, 2.75) is 44.6 Å². The first-order valence-electron chi connectivity index (χ1n) is 8.42. The van der Waals surface area contributed by atoms with Gasteiger partial charge in [-0.3, -0.25) is 9.59 Å². The maximum absolute atomic E-state index is 12.4. The van der Waals surface area contributed by atoms with Gasteiger partial charge in [-0.25, -0.2) is 0 Å². The van der Waals surface area contributed by atoms with Crippen LogP contribution in [-0.4, -0.2) is 56.1 Å². The number of nitrogens with two attached hydrogens (primary N) is 1. The highest BCUT2D eigenvalue weighted by molar-refractivity contribution is 5.89. The van der Waals surface area contributed by atoms with Gasteiger partial charge < -0.3 is 20.7 Å². The minimum absolute atomic E-state index is 0.0192. The van der Waals surface area contributed by atoms with Gasteiger partial charge >= 0.3 is 0 Å². The maximum Gasteiger partial charge on any atom is 0.225 e. The Bertz CT molecular complexity index is 383. The second-order valence-electron chi connectivity index (χ2n) is 6.48. The third kappa shape index (κ3) is 4.43. The Hall–Kier alpha value is -1.14. The second kappa shape index (κ2) is 8.48. The van der Waals surface area contributed by atoms with Gasteiger partial charge in [0.05, 0.1) is 12.5 Å². The molecule has 2 amide bonds. The summed E-state index contributed by atoms with van der Waals surface area (Å²) in [7, 11) is 1.61. The first kappa shape index (κ1) is 17.2. The van der Waals surface area contributed by atoms with Crippen molar-refractivity contribution in [1.29, 1.82) is 0 Å². The smallest absolute Gasteiger partial charge is 0.225 e. The van der Waals surface area contributed by atoms with E-state index in [1.165, 1.54) is 19.3 Å². The van der Waals surface area contributed by atoms with Crippen molar-refractivity contribution in [1.82, 2.24) is 10.2 Å². The second-order valence-corrected chi connectivity index (χ2v) is 6.48. The van der Waals surface area contributed by atoms with E-state index in [4.69, 9.17) is 10.5 Å². The molecule has 1 saturated carbocycles. The van der Waals surface area contributed by atoms with E-state index in [0.717, 1.165) is 12.8 Å². The average molecular weight is 311 g/mol. The molecule has 0 aromatic rings. The van der Waals surface area contributed by atoms with Gasteiger partial charge in [-0.15, -0.1) is 0 Å². The van der Waals surface area contributed by atoms with Gasteiger partial charge in [-0.1, -0.05) is 19.3 Å². The summed E-state index contributed by atoms with van der Waals surface area (Å²) in [6.07, 6.45) is 6.33. The van der Waals surface area contributed by atoms with Gasteiger partial charge in [0.25, 0.3) is 0 Å². The highest BCUT2D eigenvalue weighted by Gasteiger charge is 2.35. The molecule has 2 fully saturated rings. The molecular weight excluding hydrogens is 282 g/mol. The average Bonchev–Trinajstić information content (AvgIpc) is 2.92. The molecule has 1 aliphatic carbocycles. The molecule has 0 bridgehead atoms. The zero-order chi connectivity index (χ0) is 15.9. The predicted octanol–water partition coefficient (Wildman–Crippen LogP) is 0.505. The van der Waals surface area contributed by atoms with Crippen molar-refractivity contribution in [2.24, 2.45) is 17.6 Å². The van der Waals surface area contributed by atoms with E-state index in [2.05, 4.69) is 5.32 Å². The van der Waals surface area contributed by atoms with E-state index in [9.17, 15) is 9.59 Å². The van der Waals surface area contributed by atoms with Gasteiger partial charge in [-0.2, -0.15) is 0 Å². The van der Waals surface area contributed by atoms with Crippen molar-refractivity contribution in [3.63, 3.8) is 0 Å². The molecule has 1 saturated heterocycles. The molecule has 1 heterocycles. The maximum atomic E-state index is 12.4. The molecule has 2 rings (SSSR count). The Morgan fingerprint density at radius 1 is 1.41 bits per heavy atom. The monoisotopic (exact) mass is 311 g/mol. The standard InChI is InChI=1S/C16H29N3O3/c1-22-8-7-19-11-13(9-15(19)20)16(21)18-14(10-17)12-5-3-2-4-6-12/h12-14H,2-11,17H2,1H3,(H,18,21). The Morgan fingerprint density at radius 2 is 2.14 bits per heavy atom. The number of nitrogens with zero attached hydrogens (tertiary/aromatic N) is 1. The molecule has 6 nitrogen and oxygen atoms in total.